The smallest absolute Gasteiger partial charge is 0.124 e. The molecule has 2 aromatic rings. The SMILES string of the molecule is OC[C@H]1O[C@@H](c2ccc(Cl)c(Cc3ccc(O[C@H]4CCOC4)cc3)c2)[C@H](O)C[C@@H]1O. The third-order valence-electron chi connectivity index (χ3n) is 5.67. The van der Waals surface area contributed by atoms with Crippen LogP contribution in [0.5, 0.6) is 5.75 Å². The van der Waals surface area contributed by atoms with Crippen LogP contribution in [0.25, 0.3) is 0 Å². The summed E-state index contributed by atoms with van der Waals surface area (Å²) >= 11 is 6.42. The molecular weight excluding hydrogens is 408 g/mol. The lowest BCUT2D eigenvalue weighted by Gasteiger charge is -2.37. The van der Waals surface area contributed by atoms with E-state index in [9.17, 15) is 15.3 Å². The first kappa shape index (κ1) is 21.6. The van der Waals surface area contributed by atoms with Crippen molar-refractivity contribution in [3.63, 3.8) is 0 Å². The van der Waals surface area contributed by atoms with Crippen LogP contribution in [0, 0.1) is 0 Å². The van der Waals surface area contributed by atoms with Crippen molar-refractivity contribution in [2.45, 2.75) is 49.8 Å². The molecule has 0 aliphatic carbocycles. The lowest BCUT2D eigenvalue weighted by molar-refractivity contribution is -0.181. The quantitative estimate of drug-likeness (QED) is 0.647. The van der Waals surface area contributed by atoms with Gasteiger partial charge in [-0.15, -0.1) is 0 Å². The second-order valence-electron chi connectivity index (χ2n) is 7.92. The van der Waals surface area contributed by atoms with E-state index in [1.807, 2.05) is 36.4 Å². The zero-order valence-electron chi connectivity index (χ0n) is 16.6. The summed E-state index contributed by atoms with van der Waals surface area (Å²) < 4.78 is 17.0. The molecule has 0 aromatic heterocycles. The van der Waals surface area contributed by atoms with Gasteiger partial charge >= 0.3 is 0 Å². The molecule has 2 fully saturated rings. The van der Waals surface area contributed by atoms with E-state index in [2.05, 4.69) is 0 Å². The van der Waals surface area contributed by atoms with Gasteiger partial charge in [0.25, 0.3) is 0 Å². The van der Waals surface area contributed by atoms with Gasteiger partial charge in [-0.05, 0) is 41.3 Å². The Balaban J connectivity index is 1.46. The standard InChI is InChI=1S/C23H27ClO6/c24-19-6-3-15(23-21(27)11-20(26)22(12-25)30-23)10-16(19)9-14-1-4-17(5-2-14)29-18-7-8-28-13-18/h1-6,10,18,20-23,25-27H,7-9,11-13H2/t18-,20-,21+,22+,23-/m0/s1. The Labute approximate surface area is 181 Å². The Kier molecular flexibility index (Phi) is 6.93. The maximum absolute atomic E-state index is 10.4. The molecule has 0 spiro atoms. The second-order valence-corrected chi connectivity index (χ2v) is 8.33. The van der Waals surface area contributed by atoms with Gasteiger partial charge in [0.1, 0.15) is 24.1 Å². The Morgan fingerprint density at radius 2 is 1.87 bits per heavy atom. The molecule has 0 saturated carbocycles. The molecule has 0 amide bonds. The minimum absolute atomic E-state index is 0.116. The summed E-state index contributed by atoms with van der Waals surface area (Å²) in [7, 11) is 0. The summed E-state index contributed by atoms with van der Waals surface area (Å²) in [5.74, 6) is 0.821. The molecule has 162 valence electrons. The maximum Gasteiger partial charge on any atom is 0.124 e. The Hall–Kier alpha value is -1.67. The Bertz CT molecular complexity index is 836. The van der Waals surface area contributed by atoms with Gasteiger partial charge in [-0.3, -0.25) is 0 Å². The second kappa shape index (κ2) is 9.64. The summed E-state index contributed by atoms with van der Waals surface area (Å²) in [6, 6.07) is 13.4. The van der Waals surface area contributed by atoms with Crippen LogP contribution in [0.3, 0.4) is 0 Å². The number of benzene rings is 2. The molecule has 0 unspecified atom stereocenters. The van der Waals surface area contributed by atoms with Crippen LogP contribution in [0.1, 0.15) is 35.6 Å². The van der Waals surface area contributed by atoms with E-state index in [0.717, 1.165) is 35.5 Å². The van der Waals surface area contributed by atoms with Gasteiger partial charge in [0.2, 0.25) is 0 Å². The molecule has 6 nitrogen and oxygen atoms in total. The van der Waals surface area contributed by atoms with Crippen molar-refractivity contribution in [2.24, 2.45) is 0 Å². The van der Waals surface area contributed by atoms with E-state index >= 15 is 0 Å². The monoisotopic (exact) mass is 434 g/mol. The fourth-order valence-corrected chi connectivity index (χ4v) is 4.15. The molecule has 4 rings (SSSR count). The van der Waals surface area contributed by atoms with Crippen LogP contribution in [0.15, 0.2) is 42.5 Å². The number of rotatable bonds is 6. The highest BCUT2D eigenvalue weighted by Gasteiger charge is 2.36. The fraction of sp³-hybridized carbons (Fsp3) is 0.478. The molecule has 3 N–H and O–H groups in total. The van der Waals surface area contributed by atoms with Crippen molar-refractivity contribution in [3.05, 3.63) is 64.2 Å². The molecule has 30 heavy (non-hydrogen) atoms. The molecule has 2 aromatic carbocycles. The van der Waals surface area contributed by atoms with Crippen LogP contribution in [0.4, 0.5) is 0 Å². The molecule has 2 aliphatic heterocycles. The summed E-state index contributed by atoms with van der Waals surface area (Å²) in [5, 5.41) is 30.4. The largest absolute Gasteiger partial charge is 0.488 e. The zero-order chi connectivity index (χ0) is 21.1. The third-order valence-corrected chi connectivity index (χ3v) is 6.04. The van der Waals surface area contributed by atoms with E-state index in [-0.39, 0.29) is 19.1 Å². The summed E-state index contributed by atoms with van der Waals surface area (Å²) in [6.45, 7) is 1.08. The predicted molar refractivity (Wildman–Crippen MR) is 112 cm³/mol. The van der Waals surface area contributed by atoms with Crippen LogP contribution in [-0.4, -0.2) is 59.6 Å². The number of hydrogen-bond acceptors (Lipinski definition) is 6. The maximum atomic E-state index is 10.4. The lowest BCUT2D eigenvalue weighted by atomic mass is 9.92. The normalized spacial score (nSPS) is 29.1. The first-order valence-corrected chi connectivity index (χ1v) is 10.7. The number of halogens is 1. The van der Waals surface area contributed by atoms with Crippen molar-refractivity contribution in [1.82, 2.24) is 0 Å². The molecule has 0 bridgehead atoms. The number of ether oxygens (including phenoxy) is 3. The van der Waals surface area contributed by atoms with Crippen molar-refractivity contribution in [3.8, 4) is 5.75 Å². The Morgan fingerprint density at radius 3 is 2.57 bits per heavy atom. The first-order valence-electron chi connectivity index (χ1n) is 10.3. The van der Waals surface area contributed by atoms with Crippen LogP contribution in [0.2, 0.25) is 5.02 Å². The Morgan fingerprint density at radius 1 is 1.07 bits per heavy atom. The van der Waals surface area contributed by atoms with Gasteiger partial charge in [-0.1, -0.05) is 35.9 Å². The summed E-state index contributed by atoms with van der Waals surface area (Å²) in [4.78, 5) is 0. The topological polar surface area (TPSA) is 88.4 Å². The molecule has 2 heterocycles. The third kappa shape index (κ3) is 4.97. The van der Waals surface area contributed by atoms with E-state index in [1.54, 1.807) is 6.07 Å². The van der Waals surface area contributed by atoms with Crippen molar-refractivity contribution in [1.29, 1.82) is 0 Å². The molecule has 7 heteroatoms. The van der Waals surface area contributed by atoms with E-state index < -0.39 is 24.4 Å². The lowest BCUT2D eigenvalue weighted by Crippen LogP contribution is -2.44. The van der Waals surface area contributed by atoms with E-state index in [4.69, 9.17) is 25.8 Å². The first-order chi connectivity index (χ1) is 14.5. The number of aliphatic hydroxyl groups is 3. The van der Waals surface area contributed by atoms with E-state index in [0.29, 0.717) is 18.1 Å². The van der Waals surface area contributed by atoms with E-state index in [1.165, 1.54) is 0 Å². The molecule has 2 saturated heterocycles. The molecule has 0 radical (unpaired) electrons. The highest BCUT2D eigenvalue weighted by Crippen LogP contribution is 2.34. The fourth-order valence-electron chi connectivity index (χ4n) is 3.97. The minimum Gasteiger partial charge on any atom is -0.488 e. The summed E-state index contributed by atoms with van der Waals surface area (Å²) in [5.41, 5.74) is 2.76. The van der Waals surface area contributed by atoms with Crippen LogP contribution in [-0.2, 0) is 15.9 Å². The predicted octanol–water partition coefficient (Wildman–Crippen LogP) is 2.64. The highest BCUT2D eigenvalue weighted by molar-refractivity contribution is 6.31. The average molecular weight is 435 g/mol. The molecular formula is C23H27ClO6. The number of aliphatic hydroxyl groups excluding tert-OH is 3. The summed E-state index contributed by atoms with van der Waals surface area (Å²) in [6.07, 6.45) is -1.27. The zero-order valence-corrected chi connectivity index (χ0v) is 17.4. The van der Waals surface area contributed by atoms with Gasteiger partial charge < -0.3 is 29.5 Å². The molecule has 5 atom stereocenters. The van der Waals surface area contributed by atoms with Gasteiger partial charge in [-0.25, -0.2) is 0 Å². The van der Waals surface area contributed by atoms with Gasteiger partial charge in [0.05, 0.1) is 32.0 Å². The van der Waals surface area contributed by atoms with Gasteiger partial charge in [0.15, 0.2) is 0 Å². The van der Waals surface area contributed by atoms with Crippen molar-refractivity contribution in [2.75, 3.05) is 19.8 Å². The molecule has 2 aliphatic rings. The van der Waals surface area contributed by atoms with Crippen molar-refractivity contribution < 1.29 is 29.5 Å². The van der Waals surface area contributed by atoms with Gasteiger partial charge in [0, 0.05) is 17.9 Å². The highest BCUT2D eigenvalue weighted by atomic mass is 35.5. The van der Waals surface area contributed by atoms with Gasteiger partial charge in [-0.2, -0.15) is 0 Å². The minimum atomic E-state index is -0.885. The average Bonchev–Trinajstić information content (AvgIpc) is 3.24. The number of hydrogen-bond donors (Lipinski definition) is 3. The van der Waals surface area contributed by atoms with Crippen molar-refractivity contribution >= 4 is 11.6 Å². The van der Waals surface area contributed by atoms with Crippen LogP contribution < -0.4 is 4.74 Å². The van der Waals surface area contributed by atoms with Crippen LogP contribution >= 0.6 is 11.6 Å².